The maximum atomic E-state index is 5.15. The van der Waals surface area contributed by atoms with Gasteiger partial charge < -0.3 is 9.80 Å². The van der Waals surface area contributed by atoms with Crippen molar-refractivity contribution in [3.63, 3.8) is 0 Å². The van der Waals surface area contributed by atoms with Crippen LogP contribution in [0.15, 0.2) is 182 Å². The number of alkyl halides is 1. The average molecular weight is 769 g/mol. The molecule has 8 aromatic rings. The minimum Gasteiger partial charge on any atom is -0.311 e. The van der Waals surface area contributed by atoms with E-state index in [-0.39, 0.29) is 0 Å². The van der Waals surface area contributed by atoms with E-state index in [1.807, 2.05) is 4.80 Å². The first-order chi connectivity index (χ1) is 26.8. The molecule has 1 aromatic heterocycles. The van der Waals surface area contributed by atoms with E-state index in [9.17, 15) is 0 Å². The van der Waals surface area contributed by atoms with Crippen molar-refractivity contribution in [1.29, 1.82) is 0 Å². The number of benzene rings is 7. The topological polar surface area (TPSA) is 37.2 Å². The van der Waals surface area contributed by atoms with Crippen LogP contribution in [0.25, 0.3) is 33.3 Å². The van der Waals surface area contributed by atoms with Gasteiger partial charge in [-0.1, -0.05) is 138 Å². The van der Waals surface area contributed by atoms with Crippen LogP contribution in [0.2, 0.25) is 0 Å². The van der Waals surface area contributed by atoms with Crippen molar-refractivity contribution in [1.82, 2.24) is 15.0 Å². The van der Waals surface area contributed by atoms with Crippen molar-refractivity contribution in [2.24, 2.45) is 0 Å². The molecule has 0 aliphatic heterocycles. The second-order valence-corrected chi connectivity index (χ2v) is 14.2. The summed E-state index contributed by atoms with van der Waals surface area (Å²) in [5.74, 6) is 0. The van der Waals surface area contributed by atoms with Gasteiger partial charge >= 0.3 is 0 Å². The molecule has 266 valence electrons. The number of nitrogens with zero attached hydrogens (tertiary/aromatic N) is 5. The predicted molar refractivity (Wildman–Crippen MR) is 230 cm³/mol. The van der Waals surface area contributed by atoms with E-state index in [4.69, 9.17) is 10.2 Å². The van der Waals surface area contributed by atoms with Crippen molar-refractivity contribution < 1.29 is 0 Å². The van der Waals surface area contributed by atoms with E-state index in [0.717, 1.165) is 92.1 Å². The fraction of sp³-hybridized carbons (Fsp3) is 0.125. The van der Waals surface area contributed by atoms with Gasteiger partial charge in [-0.15, -0.1) is 0 Å². The zero-order valence-corrected chi connectivity index (χ0v) is 31.8. The van der Waals surface area contributed by atoms with Gasteiger partial charge in [-0.2, -0.15) is 15.0 Å². The van der Waals surface area contributed by atoms with Gasteiger partial charge in [-0.3, -0.25) is 0 Å². The van der Waals surface area contributed by atoms with Gasteiger partial charge in [-0.05, 0) is 96.8 Å². The summed E-state index contributed by atoms with van der Waals surface area (Å²) in [7, 11) is 0. The molecule has 0 aliphatic carbocycles. The molecule has 1 heterocycles. The molecule has 0 radical (unpaired) electrons. The minimum absolute atomic E-state index is 0.792. The highest BCUT2D eigenvalue weighted by atomic mass is 79.9. The Morgan fingerprint density at radius 3 is 1.06 bits per heavy atom. The van der Waals surface area contributed by atoms with Crippen molar-refractivity contribution in [3.05, 3.63) is 182 Å². The predicted octanol–water partition coefficient (Wildman–Crippen LogP) is 13.7. The number of aryl methyl sites for hydroxylation is 1. The van der Waals surface area contributed by atoms with Crippen LogP contribution >= 0.6 is 15.9 Å². The Hall–Kier alpha value is -5.98. The molecule has 0 N–H and O–H groups in total. The molecule has 5 nitrogen and oxygen atoms in total. The lowest BCUT2D eigenvalue weighted by atomic mass is 9.97. The summed E-state index contributed by atoms with van der Waals surface area (Å²) >= 11 is 3.57. The third-order valence-electron chi connectivity index (χ3n) is 9.75. The van der Waals surface area contributed by atoms with Gasteiger partial charge in [-0.25, -0.2) is 0 Å². The standard InChI is InChI=1S/C48H42BrN5/c49-35-15-1-2-16-36-52-50-47-45(37-25-29-43(30-26-37)53(39-17-7-3-8-18-39)40-19-9-4-10-20-40)33-34-46(48(47)51-52)38-27-31-44(32-28-38)54(41-21-11-5-12-22-41)42-23-13-6-14-24-42/h3-14,17-34H,1-2,15-16,35-36H2. The monoisotopic (exact) mass is 767 g/mol. The first-order valence-corrected chi connectivity index (χ1v) is 19.8. The highest BCUT2D eigenvalue weighted by Crippen LogP contribution is 2.39. The third-order valence-corrected chi connectivity index (χ3v) is 10.3. The van der Waals surface area contributed by atoms with Crippen molar-refractivity contribution in [3.8, 4) is 22.3 Å². The van der Waals surface area contributed by atoms with Gasteiger partial charge in [0.2, 0.25) is 0 Å². The van der Waals surface area contributed by atoms with Gasteiger partial charge in [0.05, 0.1) is 6.54 Å². The van der Waals surface area contributed by atoms with Gasteiger partial charge in [0.1, 0.15) is 11.0 Å². The minimum atomic E-state index is 0.792. The molecule has 6 heteroatoms. The molecule has 0 spiro atoms. The Bertz CT molecular complexity index is 2140. The van der Waals surface area contributed by atoms with Crippen LogP contribution in [0.1, 0.15) is 25.7 Å². The van der Waals surface area contributed by atoms with E-state index < -0.39 is 0 Å². The fourth-order valence-electron chi connectivity index (χ4n) is 7.09. The Morgan fingerprint density at radius 1 is 0.370 bits per heavy atom. The molecule has 54 heavy (non-hydrogen) atoms. The van der Waals surface area contributed by atoms with Gasteiger partial charge in [0.25, 0.3) is 0 Å². The summed E-state index contributed by atoms with van der Waals surface area (Å²) in [6.07, 6.45) is 4.59. The third kappa shape index (κ3) is 7.71. The van der Waals surface area contributed by atoms with Crippen LogP contribution in [0.3, 0.4) is 0 Å². The van der Waals surface area contributed by atoms with Crippen molar-refractivity contribution in [2.75, 3.05) is 15.1 Å². The number of rotatable bonds is 14. The van der Waals surface area contributed by atoms with Gasteiger partial charge in [0.15, 0.2) is 0 Å². The normalized spacial score (nSPS) is 11.1. The average Bonchev–Trinajstić information content (AvgIpc) is 3.67. The number of hydrogen-bond acceptors (Lipinski definition) is 4. The van der Waals surface area contributed by atoms with E-state index in [1.165, 1.54) is 12.8 Å². The molecule has 0 unspecified atom stereocenters. The van der Waals surface area contributed by atoms with Crippen LogP contribution in [0.5, 0.6) is 0 Å². The lowest BCUT2D eigenvalue weighted by Crippen LogP contribution is -2.09. The smallest absolute Gasteiger partial charge is 0.121 e. The fourth-order valence-corrected chi connectivity index (χ4v) is 7.48. The summed E-state index contributed by atoms with van der Waals surface area (Å²) in [5.41, 5.74) is 12.9. The van der Waals surface area contributed by atoms with Crippen LogP contribution in [0.4, 0.5) is 34.1 Å². The Morgan fingerprint density at radius 2 is 0.704 bits per heavy atom. The molecule has 0 atom stereocenters. The van der Waals surface area contributed by atoms with E-state index in [0.29, 0.717) is 0 Å². The summed E-state index contributed by atoms with van der Waals surface area (Å²) in [6, 6.07) is 64.1. The molecule has 0 aliphatic rings. The lowest BCUT2D eigenvalue weighted by molar-refractivity contribution is 0.496. The molecule has 0 amide bonds. The number of para-hydroxylation sites is 4. The van der Waals surface area contributed by atoms with E-state index >= 15 is 0 Å². The number of hydrogen-bond donors (Lipinski definition) is 0. The second kappa shape index (κ2) is 16.8. The first kappa shape index (κ1) is 35.1. The zero-order valence-electron chi connectivity index (χ0n) is 30.2. The van der Waals surface area contributed by atoms with Crippen LogP contribution in [-0.4, -0.2) is 20.3 Å². The Balaban J connectivity index is 1.16. The number of aromatic nitrogens is 3. The highest BCUT2D eigenvalue weighted by molar-refractivity contribution is 9.09. The van der Waals surface area contributed by atoms with Crippen molar-refractivity contribution >= 4 is 61.1 Å². The molecule has 7 aromatic carbocycles. The number of anilines is 6. The SMILES string of the molecule is BrCCCCCCn1nc2c(-c3ccc(N(c4ccccc4)c4ccccc4)cc3)ccc(-c3ccc(N(c4ccccc4)c4ccccc4)cc3)c2n1. The first-order valence-electron chi connectivity index (χ1n) is 18.7. The maximum absolute atomic E-state index is 5.15. The molecule has 0 bridgehead atoms. The Labute approximate surface area is 326 Å². The lowest BCUT2D eigenvalue weighted by Gasteiger charge is -2.25. The molecular weight excluding hydrogens is 726 g/mol. The summed E-state index contributed by atoms with van der Waals surface area (Å²) in [6.45, 7) is 0.792. The zero-order chi connectivity index (χ0) is 36.5. The summed E-state index contributed by atoms with van der Waals surface area (Å²) in [4.78, 5) is 6.48. The van der Waals surface area contributed by atoms with Gasteiger partial charge in [0, 0.05) is 50.6 Å². The molecule has 8 rings (SSSR count). The summed E-state index contributed by atoms with van der Waals surface area (Å²) in [5, 5.41) is 11.3. The van der Waals surface area contributed by atoms with Crippen LogP contribution < -0.4 is 9.80 Å². The molecule has 0 fully saturated rings. The molecule has 0 saturated heterocycles. The second-order valence-electron chi connectivity index (χ2n) is 13.4. The number of unbranched alkanes of at least 4 members (excludes halogenated alkanes) is 3. The van der Waals surface area contributed by atoms with Crippen LogP contribution in [-0.2, 0) is 6.54 Å². The molecule has 0 saturated carbocycles. The van der Waals surface area contributed by atoms with E-state index in [2.05, 4.69) is 208 Å². The van der Waals surface area contributed by atoms with E-state index in [1.54, 1.807) is 0 Å². The maximum Gasteiger partial charge on any atom is 0.121 e. The Kier molecular flexibility index (Phi) is 10.9. The van der Waals surface area contributed by atoms with Crippen molar-refractivity contribution in [2.45, 2.75) is 32.2 Å². The number of fused-ring (bicyclic) bond motifs is 1. The molecular formula is C48H42BrN5. The van der Waals surface area contributed by atoms with Crippen LogP contribution in [0, 0.1) is 0 Å². The largest absolute Gasteiger partial charge is 0.311 e. The quantitative estimate of drug-likeness (QED) is 0.0815. The summed E-state index contributed by atoms with van der Waals surface area (Å²) < 4.78 is 0. The highest BCUT2D eigenvalue weighted by Gasteiger charge is 2.18. The number of halogens is 1.